The Morgan fingerprint density at radius 3 is 3.06 bits per heavy atom. The van der Waals surface area contributed by atoms with Crippen LogP contribution in [0, 0.1) is 0 Å². The minimum atomic E-state index is 0.294. The van der Waals surface area contributed by atoms with Crippen LogP contribution >= 0.6 is 11.6 Å². The third-order valence-electron chi connectivity index (χ3n) is 3.33. The zero-order valence-corrected chi connectivity index (χ0v) is 10.6. The Morgan fingerprint density at radius 1 is 1.33 bits per heavy atom. The average Bonchev–Trinajstić information content (AvgIpc) is 2.74. The van der Waals surface area contributed by atoms with Crippen LogP contribution in [0.25, 0.3) is 0 Å². The van der Waals surface area contributed by atoms with Crippen molar-refractivity contribution < 1.29 is 0 Å². The first-order valence-corrected chi connectivity index (χ1v) is 6.37. The molecule has 1 aromatic carbocycles. The second-order valence-electron chi connectivity index (χ2n) is 4.54. The third kappa shape index (κ3) is 2.02. The number of nitrogens with zero attached hydrogens (tertiary/aromatic N) is 1. The predicted octanol–water partition coefficient (Wildman–Crippen LogP) is 3.42. The number of benzene rings is 1. The number of hydrogen-bond donors (Lipinski definition) is 2. The van der Waals surface area contributed by atoms with Gasteiger partial charge in [-0.05, 0) is 48.2 Å². The van der Waals surface area contributed by atoms with Crippen LogP contribution in [-0.4, -0.2) is 4.98 Å². The quantitative estimate of drug-likeness (QED) is 0.642. The molecule has 2 aromatic rings. The normalized spacial score (nSPS) is 17.5. The minimum Gasteiger partial charge on any atom is -0.399 e. The fourth-order valence-electron chi connectivity index (χ4n) is 2.47. The molecule has 0 fully saturated rings. The first kappa shape index (κ1) is 11.4. The summed E-state index contributed by atoms with van der Waals surface area (Å²) in [5, 5.41) is 3.96. The molecule has 1 aromatic heterocycles. The summed E-state index contributed by atoms with van der Waals surface area (Å²) in [6, 6.07) is 10.2. The van der Waals surface area contributed by atoms with Crippen LogP contribution in [0.5, 0.6) is 0 Å². The molecule has 92 valence electrons. The smallest absolute Gasteiger partial charge is 0.152 e. The van der Waals surface area contributed by atoms with Crippen LogP contribution in [0.3, 0.4) is 0 Å². The summed E-state index contributed by atoms with van der Waals surface area (Å²) in [6.07, 6.45) is 3.80. The molecule has 0 saturated carbocycles. The Labute approximate surface area is 111 Å². The summed E-state index contributed by atoms with van der Waals surface area (Å²) in [5.74, 6) is 0. The Bertz CT molecular complexity index is 583. The Balaban J connectivity index is 1.87. The van der Waals surface area contributed by atoms with Crippen LogP contribution in [0.4, 0.5) is 11.4 Å². The highest BCUT2D eigenvalue weighted by atomic mass is 35.5. The van der Waals surface area contributed by atoms with Gasteiger partial charge in [0, 0.05) is 11.9 Å². The van der Waals surface area contributed by atoms with Crippen molar-refractivity contribution in [1.82, 2.24) is 4.98 Å². The van der Waals surface area contributed by atoms with Crippen molar-refractivity contribution >= 4 is 23.0 Å². The van der Waals surface area contributed by atoms with E-state index in [1.807, 2.05) is 18.2 Å². The molecule has 0 bridgehead atoms. The van der Waals surface area contributed by atoms with Gasteiger partial charge < -0.3 is 11.1 Å². The number of aromatic nitrogens is 1. The van der Waals surface area contributed by atoms with Crippen LogP contribution < -0.4 is 11.1 Å². The molecular weight excluding hydrogens is 246 g/mol. The number of pyridine rings is 1. The molecule has 0 aliphatic heterocycles. The molecule has 3 N–H and O–H groups in total. The summed E-state index contributed by atoms with van der Waals surface area (Å²) >= 11 is 6.06. The Morgan fingerprint density at radius 2 is 2.22 bits per heavy atom. The van der Waals surface area contributed by atoms with Crippen molar-refractivity contribution in [2.75, 3.05) is 11.1 Å². The maximum absolute atomic E-state index is 6.06. The van der Waals surface area contributed by atoms with Crippen LogP contribution in [0.15, 0.2) is 36.5 Å². The van der Waals surface area contributed by atoms with E-state index < -0.39 is 0 Å². The fraction of sp³-hybridized carbons (Fsp3) is 0.214. The lowest BCUT2D eigenvalue weighted by atomic mass is 10.1. The van der Waals surface area contributed by atoms with Gasteiger partial charge in [-0.25, -0.2) is 4.98 Å². The van der Waals surface area contributed by atoms with Crippen molar-refractivity contribution in [3.05, 3.63) is 52.8 Å². The highest BCUT2D eigenvalue weighted by Gasteiger charge is 2.22. The molecule has 0 saturated heterocycles. The van der Waals surface area contributed by atoms with Gasteiger partial charge in [0.25, 0.3) is 0 Å². The zero-order valence-electron chi connectivity index (χ0n) is 9.86. The topological polar surface area (TPSA) is 50.9 Å². The van der Waals surface area contributed by atoms with Gasteiger partial charge in [-0.15, -0.1) is 0 Å². The average molecular weight is 260 g/mol. The van der Waals surface area contributed by atoms with E-state index in [4.69, 9.17) is 17.3 Å². The van der Waals surface area contributed by atoms with Crippen molar-refractivity contribution in [3.63, 3.8) is 0 Å². The van der Waals surface area contributed by atoms with Gasteiger partial charge in [0.15, 0.2) is 5.15 Å². The summed E-state index contributed by atoms with van der Waals surface area (Å²) < 4.78 is 0. The van der Waals surface area contributed by atoms with Crippen molar-refractivity contribution in [2.24, 2.45) is 0 Å². The number of nitrogen functional groups attached to an aromatic ring is 1. The lowest BCUT2D eigenvalue weighted by Crippen LogP contribution is -2.07. The maximum atomic E-state index is 6.06. The minimum absolute atomic E-state index is 0.294. The molecule has 0 amide bonds. The van der Waals surface area contributed by atoms with Crippen molar-refractivity contribution in [3.8, 4) is 0 Å². The number of aryl methyl sites for hydroxylation is 1. The van der Waals surface area contributed by atoms with E-state index in [0.717, 1.165) is 24.2 Å². The van der Waals surface area contributed by atoms with E-state index >= 15 is 0 Å². The van der Waals surface area contributed by atoms with E-state index in [1.54, 1.807) is 6.20 Å². The van der Waals surface area contributed by atoms with Gasteiger partial charge in [-0.3, -0.25) is 0 Å². The molecule has 3 nitrogen and oxygen atoms in total. The molecule has 1 aliphatic carbocycles. The van der Waals surface area contributed by atoms with Gasteiger partial charge >= 0.3 is 0 Å². The highest BCUT2D eigenvalue weighted by molar-refractivity contribution is 6.31. The van der Waals surface area contributed by atoms with Crippen molar-refractivity contribution in [2.45, 2.75) is 18.9 Å². The number of anilines is 2. The maximum Gasteiger partial charge on any atom is 0.152 e. The number of nitrogens with one attached hydrogen (secondary N) is 1. The molecule has 1 heterocycles. The standard InChI is InChI=1S/C14H14ClN3/c15-14-13(2-1-7-17-14)18-12-6-3-9-8-10(16)4-5-11(9)12/h1-2,4-5,7-8,12,18H,3,6,16H2. The van der Waals surface area contributed by atoms with Gasteiger partial charge in [-0.2, -0.15) is 0 Å². The summed E-state index contributed by atoms with van der Waals surface area (Å²) in [5.41, 5.74) is 10.1. The molecule has 1 unspecified atom stereocenters. The van der Waals surface area contributed by atoms with Crippen LogP contribution in [-0.2, 0) is 6.42 Å². The lowest BCUT2D eigenvalue weighted by molar-refractivity contribution is 0.761. The van der Waals surface area contributed by atoms with Crippen LogP contribution in [0.1, 0.15) is 23.6 Å². The molecular formula is C14H14ClN3. The molecule has 0 radical (unpaired) electrons. The summed E-state index contributed by atoms with van der Waals surface area (Å²) in [7, 11) is 0. The van der Waals surface area contributed by atoms with Gasteiger partial charge in [0.05, 0.1) is 11.7 Å². The lowest BCUT2D eigenvalue weighted by Gasteiger charge is -2.16. The molecule has 1 aliphatic rings. The summed E-state index contributed by atoms with van der Waals surface area (Å²) in [6.45, 7) is 0. The Hall–Kier alpha value is -1.74. The van der Waals surface area contributed by atoms with Gasteiger partial charge in [0.2, 0.25) is 0 Å². The molecule has 1 atom stereocenters. The third-order valence-corrected chi connectivity index (χ3v) is 3.63. The second kappa shape index (κ2) is 4.50. The first-order valence-electron chi connectivity index (χ1n) is 5.99. The molecule has 3 rings (SSSR count). The van der Waals surface area contributed by atoms with E-state index in [1.165, 1.54) is 11.1 Å². The summed E-state index contributed by atoms with van der Waals surface area (Å²) in [4.78, 5) is 4.07. The van der Waals surface area contributed by atoms with E-state index in [0.29, 0.717) is 11.2 Å². The zero-order chi connectivity index (χ0) is 12.5. The van der Waals surface area contributed by atoms with E-state index in [-0.39, 0.29) is 0 Å². The monoisotopic (exact) mass is 259 g/mol. The van der Waals surface area contributed by atoms with Gasteiger partial charge in [-0.1, -0.05) is 17.7 Å². The van der Waals surface area contributed by atoms with Crippen LogP contribution in [0.2, 0.25) is 5.15 Å². The predicted molar refractivity (Wildman–Crippen MR) is 74.8 cm³/mol. The van der Waals surface area contributed by atoms with E-state index in [9.17, 15) is 0 Å². The number of fused-ring (bicyclic) bond motifs is 1. The number of nitrogens with two attached hydrogens (primary N) is 1. The fourth-order valence-corrected chi connectivity index (χ4v) is 2.64. The highest BCUT2D eigenvalue weighted by Crippen LogP contribution is 2.35. The first-order chi connectivity index (χ1) is 8.74. The second-order valence-corrected chi connectivity index (χ2v) is 4.89. The Kier molecular flexibility index (Phi) is 2.84. The van der Waals surface area contributed by atoms with E-state index in [2.05, 4.69) is 22.4 Å². The molecule has 18 heavy (non-hydrogen) atoms. The largest absolute Gasteiger partial charge is 0.399 e. The number of hydrogen-bond acceptors (Lipinski definition) is 3. The van der Waals surface area contributed by atoms with Crippen molar-refractivity contribution in [1.29, 1.82) is 0 Å². The number of rotatable bonds is 2. The number of halogens is 1. The SMILES string of the molecule is Nc1ccc2c(c1)CCC2Nc1cccnc1Cl. The molecule has 4 heteroatoms. The molecule has 0 spiro atoms. The van der Waals surface area contributed by atoms with Gasteiger partial charge in [0.1, 0.15) is 0 Å².